The van der Waals surface area contributed by atoms with Gasteiger partial charge in [-0.2, -0.15) is 0 Å². The highest BCUT2D eigenvalue weighted by Crippen LogP contribution is 2.47. The Morgan fingerprint density at radius 3 is 1.16 bits per heavy atom. The van der Waals surface area contributed by atoms with Crippen molar-refractivity contribution >= 4 is 67.3 Å². The molecule has 38 heavy (non-hydrogen) atoms. The molecule has 0 spiro atoms. The van der Waals surface area contributed by atoms with Gasteiger partial charge in [0.15, 0.2) is 0 Å². The van der Waals surface area contributed by atoms with Crippen LogP contribution in [0.4, 0.5) is 9.59 Å². The molecule has 4 amide bonds. The summed E-state index contributed by atoms with van der Waals surface area (Å²) in [6.07, 6.45) is -1.86. The lowest BCUT2D eigenvalue weighted by Gasteiger charge is -2.27. The van der Waals surface area contributed by atoms with E-state index in [9.17, 15) is 19.2 Å². The van der Waals surface area contributed by atoms with Gasteiger partial charge in [0, 0.05) is 8.95 Å². The third kappa shape index (κ3) is 5.33. The van der Waals surface area contributed by atoms with Gasteiger partial charge in [0.25, 0.3) is 11.8 Å². The number of imide groups is 2. The first-order valence-corrected chi connectivity index (χ1v) is 13.3. The molecule has 0 aromatic heterocycles. The Morgan fingerprint density at radius 2 is 0.895 bits per heavy atom. The maximum absolute atomic E-state index is 14.0. The van der Waals surface area contributed by atoms with Crippen molar-refractivity contribution in [1.29, 1.82) is 0 Å². The van der Waals surface area contributed by atoms with Gasteiger partial charge in [0.1, 0.15) is 11.2 Å². The molecule has 198 valence electrons. The van der Waals surface area contributed by atoms with Crippen LogP contribution in [0.1, 0.15) is 52.7 Å². The molecule has 2 aliphatic rings. The van der Waals surface area contributed by atoms with Crippen LogP contribution in [-0.4, -0.2) is 45.0 Å². The highest BCUT2D eigenvalue weighted by atomic mass is 79.9. The van der Waals surface area contributed by atoms with E-state index in [1.807, 2.05) is 0 Å². The molecule has 2 heterocycles. The zero-order valence-corrected chi connectivity index (χ0v) is 24.9. The maximum Gasteiger partial charge on any atom is 0.422 e. The number of benzene rings is 2. The Labute approximate surface area is 237 Å². The topological polar surface area (TPSA) is 93.2 Å². The molecule has 0 saturated carbocycles. The van der Waals surface area contributed by atoms with Crippen molar-refractivity contribution in [2.45, 2.75) is 52.7 Å². The second-order valence-corrected chi connectivity index (χ2v) is 12.5. The van der Waals surface area contributed by atoms with Gasteiger partial charge in [-0.3, -0.25) is 9.59 Å². The molecule has 2 aromatic rings. The Hall–Kier alpha value is -3.24. The summed E-state index contributed by atoms with van der Waals surface area (Å²) in [5.41, 5.74) is -1.03. The molecule has 0 radical (unpaired) electrons. The lowest BCUT2D eigenvalue weighted by atomic mass is 10.0. The van der Waals surface area contributed by atoms with Gasteiger partial charge in [0.2, 0.25) is 0 Å². The van der Waals surface area contributed by atoms with Gasteiger partial charge in [-0.1, -0.05) is 56.1 Å². The summed E-state index contributed by atoms with van der Waals surface area (Å²) >= 11 is 6.77. The summed E-state index contributed by atoms with van der Waals surface area (Å²) < 4.78 is 12.6. The minimum Gasteiger partial charge on any atom is -0.443 e. The number of hydrogen-bond donors (Lipinski definition) is 0. The fourth-order valence-electron chi connectivity index (χ4n) is 4.03. The van der Waals surface area contributed by atoms with E-state index in [1.54, 1.807) is 90.1 Å². The summed E-state index contributed by atoms with van der Waals surface area (Å²) in [5, 5.41) is 0. The zero-order chi connectivity index (χ0) is 28.2. The third-order valence-electron chi connectivity index (χ3n) is 5.39. The lowest BCUT2D eigenvalue weighted by Crippen LogP contribution is -2.40. The SMILES string of the molecule is CC(C)(C)OC(=O)N1C(=O)C2=C(c3ccc(Br)cc3)N(C(=O)OC(C)(C)C)C(=O)C2=C1c1ccc(Br)cc1. The zero-order valence-electron chi connectivity index (χ0n) is 21.7. The second-order valence-electron chi connectivity index (χ2n) is 10.7. The standard InChI is InChI=1S/C28H26Br2N2O6/c1-27(2,3)37-25(35)31-21(15-7-11-17(29)12-8-15)19-20(23(31)33)22(16-9-13-18(30)14-10-16)32(24(19)34)26(36)38-28(4,5)6/h7-14H,1-6H3. The van der Waals surface area contributed by atoms with Crippen LogP contribution in [0.3, 0.4) is 0 Å². The van der Waals surface area contributed by atoms with E-state index in [-0.39, 0.29) is 22.5 Å². The first-order valence-electron chi connectivity index (χ1n) is 11.7. The monoisotopic (exact) mass is 644 g/mol. The fraction of sp³-hybridized carbons (Fsp3) is 0.286. The van der Waals surface area contributed by atoms with Crippen molar-refractivity contribution in [3.8, 4) is 0 Å². The van der Waals surface area contributed by atoms with E-state index in [0.29, 0.717) is 11.1 Å². The summed E-state index contributed by atoms with van der Waals surface area (Å²) in [5.74, 6) is -1.55. The van der Waals surface area contributed by atoms with E-state index in [1.165, 1.54) is 0 Å². The Morgan fingerprint density at radius 1 is 0.605 bits per heavy atom. The van der Waals surface area contributed by atoms with E-state index in [0.717, 1.165) is 18.7 Å². The molecule has 0 saturated heterocycles. The first kappa shape index (κ1) is 27.8. The number of nitrogens with zero attached hydrogens (tertiary/aromatic N) is 2. The predicted octanol–water partition coefficient (Wildman–Crippen LogP) is 6.89. The molecule has 0 aliphatic carbocycles. The van der Waals surface area contributed by atoms with Gasteiger partial charge < -0.3 is 9.47 Å². The Kier molecular flexibility index (Phi) is 7.18. The average molecular weight is 646 g/mol. The molecule has 0 unspecified atom stereocenters. The number of hydrogen-bond acceptors (Lipinski definition) is 6. The van der Waals surface area contributed by atoms with Gasteiger partial charge in [-0.05, 0) is 76.9 Å². The van der Waals surface area contributed by atoms with E-state index in [2.05, 4.69) is 31.9 Å². The van der Waals surface area contributed by atoms with Crippen LogP contribution in [0.15, 0.2) is 68.6 Å². The number of rotatable bonds is 2. The smallest absolute Gasteiger partial charge is 0.422 e. The molecule has 8 nitrogen and oxygen atoms in total. The summed E-state index contributed by atoms with van der Waals surface area (Å²) in [6, 6.07) is 13.6. The van der Waals surface area contributed by atoms with Gasteiger partial charge in [-0.25, -0.2) is 19.4 Å². The summed E-state index contributed by atoms with van der Waals surface area (Å²) in [6.45, 7) is 10.1. The van der Waals surface area contributed by atoms with Gasteiger partial charge >= 0.3 is 12.2 Å². The quantitative estimate of drug-likeness (QED) is 0.353. The summed E-state index contributed by atoms with van der Waals surface area (Å²) in [7, 11) is 0. The third-order valence-corrected chi connectivity index (χ3v) is 6.45. The number of ether oxygens (including phenoxy) is 2. The van der Waals surface area contributed by atoms with Crippen molar-refractivity contribution in [3.05, 3.63) is 79.7 Å². The minimum atomic E-state index is -0.929. The molecular weight excluding hydrogens is 620 g/mol. The number of amides is 4. The van der Waals surface area contributed by atoms with Crippen molar-refractivity contribution in [1.82, 2.24) is 9.80 Å². The lowest BCUT2D eigenvalue weighted by molar-refractivity contribution is -0.123. The predicted molar refractivity (Wildman–Crippen MR) is 148 cm³/mol. The van der Waals surface area contributed by atoms with Crippen molar-refractivity contribution in [3.63, 3.8) is 0 Å². The van der Waals surface area contributed by atoms with Gasteiger partial charge in [0.05, 0.1) is 22.5 Å². The van der Waals surface area contributed by atoms with Crippen molar-refractivity contribution < 1.29 is 28.7 Å². The number of fused-ring (bicyclic) bond motifs is 1. The summed E-state index contributed by atoms with van der Waals surface area (Å²) in [4.78, 5) is 56.4. The van der Waals surface area contributed by atoms with Crippen LogP contribution in [0.25, 0.3) is 11.4 Å². The number of halogens is 2. The largest absolute Gasteiger partial charge is 0.443 e. The molecule has 2 aromatic carbocycles. The number of carbonyl (C=O) groups excluding carboxylic acids is 4. The highest BCUT2D eigenvalue weighted by Gasteiger charge is 2.54. The molecule has 4 rings (SSSR count). The number of carbonyl (C=O) groups is 4. The molecule has 10 heteroatoms. The van der Waals surface area contributed by atoms with E-state index >= 15 is 0 Å². The van der Waals surface area contributed by atoms with Gasteiger partial charge in [-0.15, -0.1) is 0 Å². The van der Waals surface area contributed by atoms with Crippen LogP contribution in [-0.2, 0) is 19.1 Å². The van der Waals surface area contributed by atoms with E-state index < -0.39 is 35.2 Å². The van der Waals surface area contributed by atoms with Crippen LogP contribution < -0.4 is 0 Å². The Balaban J connectivity index is 2.01. The molecule has 0 fully saturated rings. The first-order chi connectivity index (χ1) is 17.6. The van der Waals surface area contributed by atoms with Crippen LogP contribution in [0.2, 0.25) is 0 Å². The fourth-order valence-corrected chi connectivity index (χ4v) is 4.56. The van der Waals surface area contributed by atoms with Crippen LogP contribution >= 0.6 is 31.9 Å². The van der Waals surface area contributed by atoms with Crippen LogP contribution in [0, 0.1) is 0 Å². The normalized spacial score (nSPS) is 15.9. The second kappa shape index (κ2) is 9.81. The molecular formula is C28H26Br2N2O6. The van der Waals surface area contributed by atoms with Crippen molar-refractivity contribution in [2.75, 3.05) is 0 Å². The van der Waals surface area contributed by atoms with E-state index in [4.69, 9.17) is 9.47 Å². The average Bonchev–Trinajstić information content (AvgIpc) is 3.25. The highest BCUT2D eigenvalue weighted by molar-refractivity contribution is 9.10. The molecule has 0 atom stereocenters. The Bertz CT molecular complexity index is 1300. The molecule has 0 N–H and O–H groups in total. The minimum absolute atomic E-state index is 0.0393. The van der Waals surface area contributed by atoms with Crippen molar-refractivity contribution in [2.24, 2.45) is 0 Å². The molecule has 0 bridgehead atoms. The molecule has 2 aliphatic heterocycles. The maximum atomic E-state index is 14.0. The van der Waals surface area contributed by atoms with Crippen LogP contribution in [0.5, 0.6) is 0 Å².